The van der Waals surface area contributed by atoms with E-state index in [1.54, 1.807) is 18.2 Å². The molecular formula is C22H17FN2O7. The number of amides is 3. The molecule has 0 unspecified atom stereocenters. The molecule has 2 heterocycles. The number of carbonyl (C=O) groups excluding carboxylic acids is 3. The molecule has 9 nitrogen and oxygen atoms in total. The van der Waals surface area contributed by atoms with Gasteiger partial charge in [0, 0.05) is 18.7 Å². The van der Waals surface area contributed by atoms with E-state index < -0.39 is 35.5 Å². The van der Waals surface area contributed by atoms with E-state index in [9.17, 15) is 23.6 Å². The van der Waals surface area contributed by atoms with Crippen LogP contribution in [0.3, 0.4) is 0 Å². The van der Waals surface area contributed by atoms with E-state index in [-0.39, 0.29) is 25.4 Å². The van der Waals surface area contributed by atoms with Crippen molar-refractivity contribution < 1.29 is 38.1 Å². The largest absolute Gasteiger partial charge is 0.478 e. The summed E-state index contributed by atoms with van der Waals surface area (Å²) in [6.07, 6.45) is 1.19. The van der Waals surface area contributed by atoms with Gasteiger partial charge < -0.3 is 19.5 Å². The van der Waals surface area contributed by atoms with Crippen molar-refractivity contribution in [2.45, 2.75) is 19.0 Å². The van der Waals surface area contributed by atoms with Crippen molar-refractivity contribution in [2.24, 2.45) is 0 Å². The molecular weight excluding hydrogens is 423 g/mol. The predicted octanol–water partition coefficient (Wildman–Crippen LogP) is 1.86. The zero-order valence-corrected chi connectivity index (χ0v) is 16.6. The van der Waals surface area contributed by atoms with Gasteiger partial charge in [0.05, 0.1) is 12.1 Å². The lowest BCUT2D eigenvalue weighted by atomic mass is 10.1. The fraction of sp³-hybridized carbons (Fsp3) is 0.182. The minimum atomic E-state index is -1.33. The summed E-state index contributed by atoms with van der Waals surface area (Å²) < 4.78 is 23.8. The second kappa shape index (κ2) is 8.50. The molecule has 0 spiro atoms. The molecule has 0 aromatic heterocycles. The summed E-state index contributed by atoms with van der Waals surface area (Å²) in [5.74, 6) is -2.83. The molecule has 0 bridgehead atoms. The van der Waals surface area contributed by atoms with Gasteiger partial charge >= 0.3 is 5.97 Å². The fourth-order valence-electron chi connectivity index (χ4n) is 3.54. The van der Waals surface area contributed by atoms with Crippen molar-refractivity contribution in [3.05, 3.63) is 66.0 Å². The fourth-order valence-corrected chi connectivity index (χ4v) is 3.54. The molecule has 1 saturated heterocycles. The first kappa shape index (κ1) is 21.0. The highest BCUT2D eigenvalue weighted by molar-refractivity contribution is 6.23. The number of hydrogen-bond acceptors (Lipinski definition) is 6. The standard InChI is InChI=1S/C22H17FN2O7/c23-14-2-4-15(5-3-14)25-20(27)10-16(22(25)30)24(19(26)7-8-21(28)29)11-13-1-6-17-18(9-13)32-12-31-17/h1-9,16H,10-12H2,(H,28,29)/b8-7+/t16-/m0/s1. The van der Waals surface area contributed by atoms with Crippen LogP contribution in [0, 0.1) is 5.82 Å². The maximum Gasteiger partial charge on any atom is 0.328 e. The van der Waals surface area contributed by atoms with Gasteiger partial charge in [-0.05, 0) is 42.0 Å². The normalized spacial score (nSPS) is 17.3. The predicted molar refractivity (Wildman–Crippen MR) is 107 cm³/mol. The van der Waals surface area contributed by atoms with Crippen LogP contribution in [0.1, 0.15) is 12.0 Å². The number of imide groups is 1. The van der Waals surface area contributed by atoms with E-state index in [2.05, 4.69) is 0 Å². The van der Waals surface area contributed by atoms with Crippen LogP contribution in [0.4, 0.5) is 10.1 Å². The second-order valence-electron chi connectivity index (χ2n) is 7.09. The Morgan fingerprint density at radius 3 is 2.53 bits per heavy atom. The monoisotopic (exact) mass is 440 g/mol. The number of hydrogen-bond donors (Lipinski definition) is 1. The van der Waals surface area contributed by atoms with Crippen LogP contribution in [0.2, 0.25) is 0 Å². The Kier molecular flexibility index (Phi) is 5.59. The van der Waals surface area contributed by atoms with Crippen molar-refractivity contribution in [3.63, 3.8) is 0 Å². The molecule has 3 amide bonds. The smallest absolute Gasteiger partial charge is 0.328 e. The van der Waals surface area contributed by atoms with Gasteiger partial charge in [-0.3, -0.25) is 14.4 Å². The average molecular weight is 440 g/mol. The summed E-state index contributed by atoms with van der Waals surface area (Å²) >= 11 is 0. The van der Waals surface area contributed by atoms with Gasteiger partial charge in [-0.1, -0.05) is 6.07 Å². The summed E-state index contributed by atoms with van der Waals surface area (Å²) in [5.41, 5.74) is 0.771. The number of benzene rings is 2. The van der Waals surface area contributed by atoms with Gasteiger partial charge in [0.25, 0.3) is 5.91 Å². The molecule has 2 aliphatic heterocycles. The van der Waals surface area contributed by atoms with Gasteiger partial charge in [-0.15, -0.1) is 0 Å². The summed E-state index contributed by atoms with van der Waals surface area (Å²) in [5, 5.41) is 8.86. The third kappa shape index (κ3) is 4.15. The van der Waals surface area contributed by atoms with Crippen LogP contribution < -0.4 is 14.4 Å². The van der Waals surface area contributed by atoms with Crippen molar-refractivity contribution in [1.29, 1.82) is 0 Å². The second-order valence-corrected chi connectivity index (χ2v) is 7.09. The van der Waals surface area contributed by atoms with Crippen LogP contribution in [0.5, 0.6) is 11.5 Å². The molecule has 10 heteroatoms. The van der Waals surface area contributed by atoms with Crippen LogP contribution in [0.15, 0.2) is 54.6 Å². The van der Waals surface area contributed by atoms with Gasteiger partial charge in [0.2, 0.25) is 18.6 Å². The van der Waals surface area contributed by atoms with Gasteiger partial charge in [-0.2, -0.15) is 0 Å². The molecule has 0 aliphatic carbocycles. The molecule has 2 aromatic rings. The van der Waals surface area contributed by atoms with E-state index in [1.807, 2.05) is 0 Å². The number of carboxylic acid groups (broad SMARTS) is 1. The molecule has 2 aliphatic rings. The Morgan fingerprint density at radius 1 is 1.09 bits per heavy atom. The molecule has 164 valence electrons. The number of fused-ring (bicyclic) bond motifs is 1. The van der Waals surface area contributed by atoms with Crippen LogP contribution in [-0.4, -0.2) is 46.5 Å². The minimum Gasteiger partial charge on any atom is -0.478 e. The first-order valence-electron chi connectivity index (χ1n) is 9.56. The maximum atomic E-state index is 13.2. The Labute approximate surface area is 181 Å². The summed E-state index contributed by atoms with van der Waals surface area (Å²) in [4.78, 5) is 51.4. The van der Waals surface area contributed by atoms with Crippen LogP contribution >= 0.6 is 0 Å². The van der Waals surface area contributed by atoms with Gasteiger partial charge in [-0.25, -0.2) is 14.1 Å². The highest BCUT2D eigenvalue weighted by Crippen LogP contribution is 2.34. The minimum absolute atomic E-state index is 0.0605. The lowest BCUT2D eigenvalue weighted by Gasteiger charge is -2.26. The molecule has 1 atom stereocenters. The van der Waals surface area contributed by atoms with Crippen molar-refractivity contribution in [2.75, 3.05) is 11.7 Å². The van der Waals surface area contributed by atoms with Crippen molar-refractivity contribution in [1.82, 2.24) is 4.90 Å². The summed E-state index contributed by atoms with van der Waals surface area (Å²) in [6, 6.07) is 8.63. The number of anilines is 1. The van der Waals surface area contributed by atoms with E-state index in [1.165, 1.54) is 12.1 Å². The number of rotatable bonds is 6. The average Bonchev–Trinajstić information content (AvgIpc) is 3.34. The number of halogens is 1. The molecule has 2 aromatic carbocycles. The SMILES string of the molecule is O=C(O)/C=C/C(=O)N(Cc1ccc2c(c1)OCO2)[C@H]1CC(=O)N(c2ccc(F)cc2)C1=O. The Bertz CT molecular complexity index is 1130. The van der Waals surface area contributed by atoms with Crippen molar-refractivity contribution in [3.8, 4) is 11.5 Å². The Hall–Kier alpha value is -4.21. The van der Waals surface area contributed by atoms with E-state index in [0.717, 1.165) is 28.0 Å². The zero-order valence-electron chi connectivity index (χ0n) is 16.6. The van der Waals surface area contributed by atoms with Crippen LogP contribution in [0.25, 0.3) is 0 Å². The van der Waals surface area contributed by atoms with Crippen LogP contribution in [-0.2, 0) is 25.7 Å². The number of carboxylic acids is 1. The quantitative estimate of drug-likeness (QED) is 0.539. The lowest BCUT2D eigenvalue weighted by Crippen LogP contribution is -2.44. The molecule has 32 heavy (non-hydrogen) atoms. The highest BCUT2D eigenvalue weighted by Gasteiger charge is 2.44. The van der Waals surface area contributed by atoms with Crippen molar-refractivity contribution >= 4 is 29.4 Å². The molecule has 1 N–H and O–H groups in total. The third-order valence-electron chi connectivity index (χ3n) is 5.03. The highest BCUT2D eigenvalue weighted by atomic mass is 19.1. The Balaban J connectivity index is 1.64. The first-order chi connectivity index (χ1) is 15.3. The van der Waals surface area contributed by atoms with Gasteiger partial charge in [0.15, 0.2) is 11.5 Å². The Morgan fingerprint density at radius 2 is 1.81 bits per heavy atom. The van der Waals surface area contributed by atoms with E-state index in [0.29, 0.717) is 23.1 Å². The number of aliphatic carboxylic acids is 1. The first-order valence-corrected chi connectivity index (χ1v) is 9.56. The summed E-state index contributed by atoms with van der Waals surface area (Å²) in [6.45, 7) is -0.0224. The lowest BCUT2D eigenvalue weighted by molar-refractivity contribution is -0.135. The summed E-state index contributed by atoms with van der Waals surface area (Å²) in [7, 11) is 0. The molecule has 0 radical (unpaired) electrons. The number of nitrogens with zero attached hydrogens (tertiary/aromatic N) is 2. The molecule has 0 saturated carbocycles. The van der Waals surface area contributed by atoms with Gasteiger partial charge in [0.1, 0.15) is 11.9 Å². The number of ether oxygens (including phenoxy) is 2. The molecule has 1 fully saturated rings. The molecule has 4 rings (SSSR count). The van der Waals surface area contributed by atoms with E-state index >= 15 is 0 Å². The zero-order chi connectivity index (χ0) is 22.8. The third-order valence-corrected chi connectivity index (χ3v) is 5.03. The van der Waals surface area contributed by atoms with E-state index in [4.69, 9.17) is 14.6 Å². The topological polar surface area (TPSA) is 113 Å². The number of carbonyl (C=O) groups is 4. The maximum absolute atomic E-state index is 13.2.